The van der Waals surface area contributed by atoms with Crippen LogP contribution in [0.5, 0.6) is 0 Å². The molecule has 5 rings (SSSR count). The fourth-order valence-corrected chi connectivity index (χ4v) is 5.10. The molecule has 3 aromatic heterocycles. The Labute approximate surface area is 179 Å². The van der Waals surface area contributed by atoms with E-state index in [0.29, 0.717) is 34.0 Å². The zero-order chi connectivity index (χ0) is 20.8. The summed E-state index contributed by atoms with van der Waals surface area (Å²) in [6.07, 6.45) is 7.33. The van der Waals surface area contributed by atoms with E-state index in [4.69, 9.17) is 17.6 Å². The summed E-state index contributed by atoms with van der Waals surface area (Å²) in [5.41, 5.74) is 3.64. The van der Waals surface area contributed by atoms with Crippen molar-refractivity contribution < 1.29 is 0 Å². The van der Waals surface area contributed by atoms with E-state index in [2.05, 4.69) is 26.9 Å². The van der Waals surface area contributed by atoms with Crippen LogP contribution in [0, 0.1) is 12.8 Å². The number of H-pyrrole nitrogens is 1. The summed E-state index contributed by atoms with van der Waals surface area (Å²) in [7, 11) is 0. The lowest BCUT2D eigenvalue weighted by atomic mass is 9.86. The van der Waals surface area contributed by atoms with Gasteiger partial charge in [-0.1, -0.05) is 31.9 Å². The molecule has 1 saturated carbocycles. The van der Waals surface area contributed by atoms with Crippen LogP contribution in [0.4, 0.5) is 0 Å². The van der Waals surface area contributed by atoms with Crippen LogP contribution in [0.1, 0.15) is 61.0 Å². The molecule has 0 saturated heterocycles. The van der Waals surface area contributed by atoms with Crippen LogP contribution in [0.15, 0.2) is 35.6 Å². The second-order valence-electron chi connectivity index (χ2n) is 8.30. The van der Waals surface area contributed by atoms with E-state index in [-0.39, 0.29) is 11.6 Å². The molecule has 3 atom stereocenters. The van der Waals surface area contributed by atoms with Crippen molar-refractivity contribution in [3.63, 3.8) is 0 Å². The second kappa shape index (κ2) is 7.50. The smallest absolute Gasteiger partial charge is 0.261 e. The first-order valence-corrected chi connectivity index (χ1v) is 10.9. The monoisotopic (exact) mass is 420 g/mol. The Hall–Kier alpha value is -2.74. The van der Waals surface area contributed by atoms with Crippen molar-refractivity contribution in [3.8, 4) is 0 Å². The number of fused-ring (bicyclic) bond motifs is 2. The van der Waals surface area contributed by atoms with Gasteiger partial charge in [0.2, 0.25) is 0 Å². The summed E-state index contributed by atoms with van der Waals surface area (Å²) in [6, 6.07) is 5.91. The number of aromatic amines is 1. The summed E-state index contributed by atoms with van der Waals surface area (Å²) in [5.74, 6) is 1.21. The number of hydrogen-bond donors (Lipinski definition) is 2. The van der Waals surface area contributed by atoms with Gasteiger partial charge in [-0.2, -0.15) is 12.6 Å². The molecule has 1 aliphatic carbocycles. The molecule has 8 heteroatoms. The lowest BCUT2D eigenvalue weighted by Gasteiger charge is -2.31. The van der Waals surface area contributed by atoms with Crippen LogP contribution >= 0.6 is 12.6 Å². The van der Waals surface area contributed by atoms with Gasteiger partial charge in [0.15, 0.2) is 5.65 Å². The fourth-order valence-electron chi connectivity index (χ4n) is 4.72. The van der Waals surface area contributed by atoms with Gasteiger partial charge in [0.1, 0.15) is 22.9 Å². The van der Waals surface area contributed by atoms with Crippen molar-refractivity contribution in [3.05, 3.63) is 58.3 Å². The zero-order valence-electron chi connectivity index (χ0n) is 17.0. The molecular weight excluding hydrogens is 396 g/mol. The molecule has 0 amide bonds. The van der Waals surface area contributed by atoms with Crippen molar-refractivity contribution in [1.29, 1.82) is 0 Å². The highest BCUT2D eigenvalue weighted by molar-refractivity contribution is 7.80. The number of benzene rings is 1. The van der Waals surface area contributed by atoms with E-state index in [1.165, 1.54) is 12.7 Å². The number of imidazole rings is 1. The third-order valence-electron chi connectivity index (χ3n) is 6.20. The molecule has 1 N–H and O–H groups in total. The van der Waals surface area contributed by atoms with Crippen molar-refractivity contribution in [2.24, 2.45) is 5.92 Å². The largest absolute Gasteiger partial charge is 0.342 e. The zero-order valence-corrected chi connectivity index (χ0v) is 17.9. The summed E-state index contributed by atoms with van der Waals surface area (Å²) in [5, 5.41) is 0.208. The Morgan fingerprint density at radius 2 is 2.10 bits per heavy atom. The summed E-state index contributed by atoms with van der Waals surface area (Å²) >= 11 is 4.91. The van der Waals surface area contributed by atoms with E-state index >= 15 is 0 Å². The average Bonchev–Trinajstić information content (AvgIpc) is 3.22. The Balaban J connectivity index is 1.77. The highest BCUT2D eigenvalue weighted by Gasteiger charge is 2.29. The summed E-state index contributed by atoms with van der Waals surface area (Å²) in [6.45, 7) is 4.23. The van der Waals surface area contributed by atoms with Gasteiger partial charge in [-0.15, -0.1) is 0 Å². The number of thiol groups is 1. The minimum absolute atomic E-state index is 0.0150. The van der Waals surface area contributed by atoms with Crippen LogP contribution in [0.3, 0.4) is 0 Å². The van der Waals surface area contributed by atoms with E-state index < -0.39 is 5.25 Å². The number of aromatic nitrogens is 6. The second-order valence-corrected chi connectivity index (χ2v) is 8.82. The van der Waals surface area contributed by atoms with E-state index in [9.17, 15) is 4.79 Å². The predicted molar refractivity (Wildman–Crippen MR) is 120 cm³/mol. The van der Waals surface area contributed by atoms with Crippen LogP contribution < -0.4 is 5.56 Å². The van der Waals surface area contributed by atoms with E-state index in [1.54, 1.807) is 6.33 Å². The van der Waals surface area contributed by atoms with Crippen LogP contribution in [0.2, 0.25) is 0 Å². The minimum Gasteiger partial charge on any atom is -0.342 e. The van der Waals surface area contributed by atoms with Crippen molar-refractivity contribution >= 4 is 34.7 Å². The Morgan fingerprint density at radius 3 is 2.93 bits per heavy atom. The highest BCUT2D eigenvalue weighted by atomic mass is 32.1. The number of hydrogen-bond acceptors (Lipinski definition) is 6. The maximum atomic E-state index is 13.8. The molecule has 0 radical (unpaired) electrons. The first kappa shape index (κ1) is 19.2. The first-order chi connectivity index (χ1) is 14.5. The maximum absolute atomic E-state index is 13.8. The Kier molecular flexibility index (Phi) is 4.81. The molecule has 4 aromatic rings. The lowest BCUT2D eigenvalue weighted by Crippen LogP contribution is -2.33. The molecule has 0 bridgehead atoms. The molecule has 0 spiro atoms. The first-order valence-electron chi connectivity index (χ1n) is 10.4. The molecule has 3 unspecified atom stereocenters. The van der Waals surface area contributed by atoms with Gasteiger partial charge >= 0.3 is 0 Å². The molecule has 1 aliphatic rings. The standard InChI is InChI=1S/C22H24N6OS/c1-12-5-3-7-14(9-12)28-21(27-15-8-4-6-13(2)16(15)22(28)29)19(30)17-18-20(25-10-23-17)26-11-24-18/h4,6,8,10-12,14,19,30H,3,5,7,9H2,1-2H3,(H,23,24,25,26). The van der Waals surface area contributed by atoms with E-state index in [1.807, 2.05) is 29.7 Å². The molecule has 30 heavy (non-hydrogen) atoms. The number of nitrogens with one attached hydrogen (secondary N) is 1. The lowest BCUT2D eigenvalue weighted by molar-refractivity contribution is 0.272. The Bertz CT molecular complexity index is 1300. The molecule has 1 fully saturated rings. The average molecular weight is 421 g/mol. The van der Waals surface area contributed by atoms with Gasteiger partial charge in [0, 0.05) is 6.04 Å². The normalized spacial score (nSPS) is 20.6. The molecular formula is C22H24N6OS. The van der Waals surface area contributed by atoms with Gasteiger partial charge < -0.3 is 4.98 Å². The van der Waals surface area contributed by atoms with Gasteiger partial charge in [-0.05, 0) is 37.3 Å². The number of aryl methyl sites for hydroxylation is 1. The molecule has 7 nitrogen and oxygen atoms in total. The van der Waals surface area contributed by atoms with E-state index in [0.717, 1.165) is 30.3 Å². The van der Waals surface area contributed by atoms with Gasteiger partial charge in [-0.3, -0.25) is 9.36 Å². The van der Waals surface area contributed by atoms with Crippen molar-refractivity contribution in [2.75, 3.05) is 0 Å². The van der Waals surface area contributed by atoms with Gasteiger partial charge in [0.05, 0.1) is 22.9 Å². The fraction of sp³-hybridized carbons (Fsp3) is 0.409. The number of rotatable bonds is 3. The molecule has 1 aromatic carbocycles. The maximum Gasteiger partial charge on any atom is 0.261 e. The predicted octanol–water partition coefficient (Wildman–Crippen LogP) is 4.14. The van der Waals surface area contributed by atoms with Crippen LogP contribution in [-0.4, -0.2) is 29.5 Å². The topological polar surface area (TPSA) is 89.3 Å². The third kappa shape index (κ3) is 3.10. The van der Waals surface area contributed by atoms with Crippen molar-refractivity contribution in [1.82, 2.24) is 29.5 Å². The minimum atomic E-state index is -0.481. The molecule has 0 aliphatic heterocycles. The quantitative estimate of drug-likeness (QED) is 0.486. The molecule has 3 heterocycles. The van der Waals surface area contributed by atoms with Gasteiger partial charge in [0.25, 0.3) is 5.56 Å². The SMILES string of the molecule is Cc1cccc2nc(C(S)c3ncnc4nc[nH]c34)n(C3CCCC(C)C3)c(=O)c12. The Morgan fingerprint density at radius 1 is 1.23 bits per heavy atom. The van der Waals surface area contributed by atoms with Crippen LogP contribution in [-0.2, 0) is 0 Å². The molecule has 154 valence electrons. The van der Waals surface area contributed by atoms with Gasteiger partial charge in [-0.25, -0.2) is 19.9 Å². The third-order valence-corrected chi connectivity index (χ3v) is 6.67. The van der Waals surface area contributed by atoms with Crippen molar-refractivity contribution in [2.45, 2.75) is 50.8 Å². The summed E-state index contributed by atoms with van der Waals surface area (Å²) in [4.78, 5) is 34.7. The highest BCUT2D eigenvalue weighted by Crippen LogP contribution is 2.36. The van der Waals surface area contributed by atoms with Crippen LogP contribution in [0.25, 0.3) is 22.1 Å². The summed E-state index contributed by atoms with van der Waals surface area (Å²) < 4.78 is 1.90. The number of nitrogens with zero attached hydrogens (tertiary/aromatic N) is 5.